The van der Waals surface area contributed by atoms with E-state index in [4.69, 9.17) is 10.2 Å². The standard InChI is InChI=1S/C33H46N4O2Si/c1-26(2)36-20-22-37(23-21-36)31-19-18-27(34)25-30(31)35-32(38)17-12-24-39-40(33(3,4)5,28-13-8-6-9-14-28)29-15-10-7-11-16-29/h6-11,13-16,18-19,25-26H,12,17,20-24,34H2,1-5H3,(H,35,38). The fourth-order valence-electron chi connectivity index (χ4n) is 5.84. The van der Waals surface area contributed by atoms with Crippen LogP contribution in [0.4, 0.5) is 17.1 Å². The highest BCUT2D eigenvalue weighted by Crippen LogP contribution is 2.37. The highest BCUT2D eigenvalue weighted by atomic mass is 28.4. The summed E-state index contributed by atoms with van der Waals surface area (Å²) in [5.74, 6) is -0.0151. The largest absolute Gasteiger partial charge is 0.407 e. The molecule has 0 radical (unpaired) electrons. The molecule has 1 aliphatic heterocycles. The minimum Gasteiger partial charge on any atom is -0.407 e. The Balaban J connectivity index is 1.43. The first-order valence-electron chi connectivity index (χ1n) is 14.5. The van der Waals surface area contributed by atoms with Gasteiger partial charge in [-0.15, -0.1) is 0 Å². The van der Waals surface area contributed by atoms with Crippen molar-refractivity contribution in [1.82, 2.24) is 4.90 Å². The number of nitrogens with two attached hydrogens (primary N) is 1. The van der Waals surface area contributed by atoms with Gasteiger partial charge in [0.15, 0.2) is 0 Å². The van der Waals surface area contributed by atoms with Gasteiger partial charge < -0.3 is 20.4 Å². The summed E-state index contributed by atoms with van der Waals surface area (Å²) >= 11 is 0. The van der Waals surface area contributed by atoms with Crippen molar-refractivity contribution in [2.45, 2.75) is 58.5 Å². The molecule has 0 spiro atoms. The van der Waals surface area contributed by atoms with Gasteiger partial charge in [-0.3, -0.25) is 9.69 Å². The van der Waals surface area contributed by atoms with E-state index in [0.29, 0.717) is 31.2 Å². The molecule has 7 heteroatoms. The Kier molecular flexibility index (Phi) is 9.71. The quantitative estimate of drug-likeness (QED) is 0.206. The van der Waals surface area contributed by atoms with Crippen LogP contribution in [0.5, 0.6) is 0 Å². The molecule has 1 aliphatic rings. The van der Waals surface area contributed by atoms with Gasteiger partial charge in [0.2, 0.25) is 5.91 Å². The molecule has 0 atom stereocenters. The summed E-state index contributed by atoms with van der Waals surface area (Å²) in [6.07, 6.45) is 1.02. The van der Waals surface area contributed by atoms with Gasteiger partial charge in [0, 0.05) is 50.9 Å². The van der Waals surface area contributed by atoms with E-state index in [0.717, 1.165) is 37.6 Å². The number of nitrogens with one attached hydrogen (secondary N) is 1. The maximum absolute atomic E-state index is 13.1. The summed E-state index contributed by atoms with van der Waals surface area (Å²) in [6.45, 7) is 15.7. The van der Waals surface area contributed by atoms with Gasteiger partial charge in [-0.2, -0.15) is 0 Å². The first kappa shape index (κ1) is 29.8. The molecule has 1 fully saturated rings. The van der Waals surface area contributed by atoms with Crippen LogP contribution in [0.3, 0.4) is 0 Å². The summed E-state index contributed by atoms with van der Waals surface area (Å²) < 4.78 is 6.96. The molecular formula is C33H46N4O2Si. The number of piperazine rings is 1. The smallest absolute Gasteiger partial charge is 0.261 e. The Morgan fingerprint density at radius 3 is 2.02 bits per heavy atom. The number of carbonyl (C=O) groups is 1. The molecule has 6 nitrogen and oxygen atoms in total. The first-order valence-corrected chi connectivity index (χ1v) is 16.5. The molecule has 0 bridgehead atoms. The van der Waals surface area contributed by atoms with Gasteiger partial charge in [-0.05, 0) is 53.9 Å². The normalized spacial score (nSPS) is 14.9. The SMILES string of the molecule is CC(C)N1CCN(c2ccc(N)cc2NC(=O)CCCO[Si](c2ccccc2)(c2ccccc2)C(C)(C)C)CC1. The van der Waals surface area contributed by atoms with E-state index in [9.17, 15) is 4.79 Å². The second-order valence-electron chi connectivity index (χ2n) is 12.1. The Morgan fingerprint density at radius 2 is 1.50 bits per heavy atom. The molecule has 3 aromatic rings. The number of nitrogens with zero attached hydrogens (tertiary/aromatic N) is 2. The molecule has 4 rings (SSSR count). The molecule has 40 heavy (non-hydrogen) atoms. The van der Waals surface area contributed by atoms with Crippen molar-refractivity contribution in [2.75, 3.05) is 48.7 Å². The fourth-order valence-corrected chi connectivity index (χ4v) is 10.4. The van der Waals surface area contributed by atoms with E-state index in [2.05, 4.69) is 110 Å². The van der Waals surface area contributed by atoms with E-state index < -0.39 is 8.32 Å². The minimum atomic E-state index is -2.61. The Morgan fingerprint density at radius 1 is 0.925 bits per heavy atom. The third kappa shape index (κ3) is 6.77. The van der Waals surface area contributed by atoms with Crippen molar-refractivity contribution in [3.63, 3.8) is 0 Å². The third-order valence-corrected chi connectivity index (χ3v) is 13.0. The lowest BCUT2D eigenvalue weighted by Crippen LogP contribution is -2.66. The molecular weight excluding hydrogens is 512 g/mol. The van der Waals surface area contributed by atoms with Crippen LogP contribution in [0.2, 0.25) is 5.04 Å². The zero-order valence-corrected chi connectivity index (χ0v) is 25.8. The molecule has 0 unspecified atom stereocenters. The van der Waals surface area contributed by atoms with Gasteiger partial charge >= 0.3 is 0 Å². The second-order valence-corrected chi connectivity index (χ2v) is 16.4. The molecule has 1 amide bonds. The lowest BCUT2D eigenvalue weighted by molar-refractivity contribution is -0.116. The number of nitrogen functional groups attached to an aromatic ring is 1. The predicted octanol–water partition coefficient (Wildman–Crippen LogP) is 5.09. The van der Waals surface area contributed by atoms with Crippen LogP contribution in [0.15, 0.2) is 78.9 Å². The van der Waals surface area contributed by atoms with Gasteiger partial charge in [0.25, 0.3) is 8.32 Å². The average molecular weight is 559 g/mol. The van der Waals surface area contributed by atoms with Gasteiger partial charge in [0.1, 0.15) is 0 Å². The topological polar surface area (TPSA) is 70.8 Å². The minimum absolute atomic E-state index is 0.0151. The molecule has 0 saturated carbocycles. The number of anilines is 3. The van der Waals surface area contributed by atoms with Crippen LogP contribution in [-0.4, -0.2) is 58.0 Å². The monoisotopic (exact) mass is 558 g/mol. The lowest BCUT2D eigenvalue weighted by atomic mass is 10.1. The van der Waals surface area contributed by atoms with Gasteiger partial charge in [0.05, 0.1) is 11.4 Å². The van der Waals surface area contributed by atoms with Crippen molar-refractivity contribution in [3.8, 4) is 0 Å². The number of hydrogen-bond donors (Lipinski definition) is 2. The molecule has 0 aromatic heterocycles. The van der Waals surface area contributed by atoms with E-state index >= 15 is 0 Å². The molecule has 1 saturated heterocycles. The fraction of sp³-hybridized carbons (Fsp3) is 0.424. The zero-order valence-electron chi connectivity index (χ0n) is 24.8. The average Bonchev–Trinajstić information content (AvgIpc) is 2.93. The molecule has 1 heterocycles. The number of hydrogen-bond acceptors (Lipinski definition) is 5. The van der Waals surface area contributed by atoms with E-state index in [-0.39, 0.29) is 10.9 Å². The lowest BCUT2D eigenvalue weighted by Gasteiger charge is -2.43. The van der Waals surface area contributed by atoms with Gasteiger partial charge in [-0.25, -0.2) is 0 Å². The maximum atomic E-state index is 13.1. The van der Waals surface area contributed by atoms with Crippen LogP contribution < -0.4 is 26.3 Å². The van der Waals surface area contributed by atoms with E-state index in [1.165, 1.54) is 10.4 Å². The second kappa shape index (κ2) is 13.0. The van der Waals surface area contributed by atoms with Crippen LogP contribution in [-0.2, 0) is 9.22 Å². The summed E-state index contributed by atoms with van der Waals surface area (Å²) in [5.41, 5.74) is 8.59. The van der Waals surface area contributed by atoms with Gasteiger partial charge in [-0.1, -0.05) is 81.4 Å². The number of rotatable bonds is 10. The first-order chi connectivity index (χ1) is 19.1. The molecule has 0 aliphatic carbocycles. The highest BCUT2D eigenvalue weighted by Gasteiger charge is 2.49. The maximum Gasteiger partial charge on any atom is 0.261 e. The zero-order chi connectivity index (χ0) is 28.8. The number of benzene rings is 3. The van der Waals surface area contributed by atoms with Crippen molar-refractivity contribution < 1.29 is 9.22 Å². The Hall–Kier alpha value is -3.13. The summed E-state index contributed by atoms with van der Waals surface area (Å²) in [5, 5.41) is 5.57. The summed E-state index contributed by atoms with van der Waals surface area (Å²) in [4.78, 5) is 18.0. The Bertz CT molecular complexity index is 1200. The van der Waals surface area contributed by atoms with Crippen LogP contribution in [0.25, 0.3) is 0 Å². The van der Waals surface area contributed by atoms with Crippen molar-refractivity contribution in [1.29, 1.82) is 0 Å². The predicted molar refractivity (Wildman–Crippen MR) is 171 cm³/mol. The van der Waals surface area contributed by atoms with Crippen molar-refractivity contribution >= 4 is 41.7 Å². The van der Waals surface area contributed by atoms with Crippen LogP contribution >= 0.6 is 0 Å². The van der Waals surface area contributed by atoms with E-state index in [1.807, 2.05) is 18.2 Å². The molecule has 214 valence electrons. The van der Waals surface area contributed by atoms with Crippen molar-refractivity contribution in [2.24, 2.45) is 0 Å². The number of carbonyl (C=O) groups excluding carboxylic acids is 1. The molecule has 3 aromatic carbocycles. The Labute approximate surface area is 241 Å². The summed E-state index contributed by atoms with van der Waals surface area (Å²) in [6, 6.07) is 27.6. The molecule has 3 N–H and O–H groups in total. The van der Waals surface area contributed by atoms with E-state index in [1.54, 1.807) is 0 Å². The van der Waals surface area contributed by atoms with Crippen LogP contribution in [0.1, 0.15) is 47.5 Å². The number of amides is 1. The highest BCUT2D eigenvalue weighted by molar-refractivity contribution is 6.99. The van der Waals surface area contributed by atoms with Crippen molar-refractivity contribution in [3.05, 3.63) is 78.9 Å². The van der Waals surface area contributed by atoms with Crippen LogP contribution in [0, 0.1) is 0 Å². The summed E-state index contributed by atoms with van der Waals surface area (Å²) in [7, 11) is -2.61. The third-order valence-electron chi connectivity index (χ3n) is 7.96.